The lowest BCUT2D eigenvalue weighted by Crippen LogP contribution is -2.16. The molecule has 0 saturated carbocycles. The molecule has 14 heavy (non-hydrogen) atoms. The minimum absolute atomic E-state index is 0.184. The molecule has 0 unspecified atom stereocenters. The molecule has 0 heterocycles. The predicted octanol–water partition coefficient (Wildman–Crippen LogP) is 2.50. The van der Waals surface area contributed by atoms with Crippen LogP contribution in [0.2, 0.25) is 0 Å². The minimum Gasteiger partial charge on any atom is -0.506 e. The minimum atomic E-state index is -0.228. The van der Waals surface area contributed by atoms with Crippen LogP contribution in [-0.2, 0) is 0 Å². The molecule has 0 bridgehead atoms. The van der Waals surface area contributed by atoms with E-state index >= 15 is 0 Å². The van der Waals surface area contributed by atoms with Gasteiger partial charge in [-0.1, -0.05) is 25.5 Å². The van der Waals surface area contributed by atoms with Gasteiger partial charge in [-0.25, -0.2) is 0 Å². The normalized spacial score (nSPS) is 11.7. The summed E-state index contributed by atoms with van der Waals surface area (Å²) in [6, 6.07) is 8.86. The van der Waals surface area contributed by atoms with Crippen LogP contribution in [0.3, 0.4) is 0 Å². The van der Waals surface area contributed by atoms with E-state index in [0.717, 1.165) is 12.8 Å². The first-order valence-corrected chi connectivity index (χ1v) is 4.72. The van der Waals surface area contributed by atoms with Crippen LogP contribution < -0.4 is 5.32 Å². The van der Waals surface area contributed by atoms with Crippen LogP contribution in [0.25, 0.3) is 0 Å². The molecule has 0 saturated heterocycles. The maximum Gasteiger partial charge on any atom is 0.138 e. The molecule has 1 aromatic carbocycles. The zero-order chi connectivity index (χ0) is 10.4. The Labute approximate surface area is 84.0 Å². The number of hydrogen-bond acceptors (Lipinski definition) is 3. The number of aromatic hydroxyl groups is 1. The smallest absolute Gasteiger partial charge is 0.138 e. The molecule has 2 N–H and O–H groups in total. The second-order valence-electron chi connectivity index (χ2n) is 3.13. The second-order valence-corrected chi connectivity index (χ2v) is 3.13. The van der Waals surface area contributed by atoms with Crippen molar-refractivity contribution in [2.45, 2.75) is 25.8 Å². The van der Waals surface area contributed by atoms with E-state index in [1.165, 1.54) is 0 Å². The van der Waals surface area contributed by atoms with Gasteiger partial charge in [0.15, 0.2) is 0 Å². The third-order valence-corrected chi connectivity index (χ3v) is 1.97. The highest BCUT2D eigenvalue weighted by molar-refractivity contribution is 5.56. The molecular formula is C11H14N2O. The molecule has 74 valence electrons. The average Bonchev–Trinajstić information content (AvgIpc) is 2.20. The van der Waals surface area contributed by atoms with Crippen molar-refractivity contribution in [3.8, 4) is 11.8 Å². The van der Waals surface area contributed by atoms with Crippen LogP contribution in [0.5, 0.6) is 5.75 Å². The Kier molecular flexibility index (Phi) is 3.81. The number of nitrogens with one attached hydrogen (secondary N) is 1. The number of nitrogens with zero attached hydrogens (tertiary/aromatic N) is 1. The lowest BCUT2D eigenvalue weighted by Gasteiger charge is -2.12. The van der Waals surface area contributed by atoms with E-state index in [9.17, 15) is 5.11 Å². The number of rotatable bonds is 4. The molecule has 0 spiro atoms. The number of para-hydroxylation sites is 2. The topological polar surface area (TPSA) is 56.0 Å². The summed E-state index contributed by atoms with van der Waals surface area (Å²) in [5, 5.41) is 21.3. The number of hydrogen-bond donors (Lipinski definition) is 2. The Morgan fingerprint density at radius 2 is 2.21 bits per heavy atom. The Morgan fingerprint density at radius 1 is 1.50 bits per heavy atom. The molecule has 0 aliphatic carbocycles. The third-order valence-electron chi connectivity index (χ3n) is 1.97. The highest BCUT2D eigenvalue weighted by atomic mass is 16.3. The van der Waals surface area contributed by atoms with Crippen LogP contribution in [0.4, 0.5) is 5.69 Å². The molecular weight excluding hydrogens is 176 g/mol. The van der Waals surface area contributed by atoms with E-state index < -0.39 is 0 Å². The Balaban J connectivity index is 2.68. The number of phenols is 1. The number of benzene rings is 1. The van der Waals surface area contributed by atoms with Crippen molar-refractivity contribution in [2.75, 3.05) is 5.32 Å². The van der Waals surface area contributed by atoms with E-state index in [-0.39, 0.29) is 11.8 Å². The van der Waals surface area contributed by atoms with Crippen molar-refractivity contribution in [3.63, 3.8) is 0 Å². The first kappa shape index (κ1) is 10.4. The maximum atomic E-state index is 9.45. The van der Waals surface area contributed by atoms with Gasteiger partial charge in [-0.2, -0.15) is 5.26 Å². The Morgan fingerprint density at radius 3 is 2.79 bits per heavy atom. The van der Waals surface area contributed by atoms with Gasteiger partial charge < -0.3 is 10.4 Å². The number of phenolic OH excluding ortho intramolecular Hbond substituents is 1. The molecule has 1 rings (SSSR count). The summed E-state index contributed by atoms with van der Waals surface area (Å²) in [5.74, 6) is 0.184. The van der Waals surface area contributed by atoms with E-state index in [0.29, 0.717) is 5.69 Å². The SMILES string of the molecule is CCC[C@@H](C#N)Nc1ccccc1O. The summed E-state index contributed by atoms with van der Waals surface area (Å²) >= 11 is 0. The maximum absolute atomic E-state index is 9.45. The zero-order valence-electron chi connectivity index (χ0n) is 8.20. The van der Waals surface area contributed by atoms with Crippen molar-refractivity contribution in [1.82, 2.24) is 0 Å². The summed E-state index contributed by atoms with van der Waals surface area (Å²) < 4.78 is 0. The fraction of sp³-hybridized carbons (Fsp3) is 0.364. The molecule has 0 aromatic heterocycles. The number of anilines is 1. The van der Waals surface area contributed by atoms with Crippen LogP contribution >= 0.6 is 0 Å². The van der Waals surface area contributed by atoms with Crippen LogP contribution in [0.1, 0.15) is 19.8 Å². The lowest BCUT2D eigenvalue weighted by atomic mass is 10.1. The van der Waals surface area contributed by atoms with E-state index in [4.69, 9.17) is 5.26 Å². The van der Waals surface area contributed by atoms with Gasteiger partial charge in [-0.3, -0.25) is 0 Å². The third kappa shape index (κ3) is 2.67. The summed E-state index contributed by atoms with van der Waals surface area (Å²) in [6.07, 6.45) is 1.73. The molecule has 0 fully saturated rings. The first-order valence-electron chi connectivity index (χ1n) is 4.72. The fourth-order valence-corrected chi connectivity index (χ4v) is 1.24. The zero-order valence-corrected chi connectivity index (χ0v) is 8.20. The Hall–Kier alpha value is -1.69. The largest absolute Gasteiger partial charge is 0.506 e. The van der Waals surface area contributed by atoms with Crippen molar-refractivity contribution >= 4 is 5.69 Å². The van der Waals surface area contributed by atoms with Crippen molar-refractivity contribution in [3.05, 3.63) is 24.3 Å². The molecule has 0 aliphatic rings. The van der Waals surface area contributed by atoms with Crippen LogP contribution in [0.15, 0.2) is 24.3 Å². The van der Waals surface area contributed by atoms with E-state index in [2.05, 4.69) is 11.4 Å². The molecule has 1 atom stereocenters. The molecule has 0 amide bonds. The van der Waals surface area contributed by atoms with Crippen molar-refractivity contribution in [1.29, 1.82) is 5.26 Å². The average molecular weight is 190 g/mol. The van der Waals surface area contributed by atoms with Crippen molar-refractivity contribution in [2.24, 2.45) is 0 Å². The fourth-order valence-electron chi connectivity index (χ4n) is 1.24. The highest BCUT2D eigenvalue weighted by Gasteiger charge is 2.07. The number of nitriles is 1. The standard InChI is InChI=1S/C11H14N2O/c1-2-5-9(8-12)13-10-6-3-4-7-11(10)14/h3-4,6-7,9,13-14H,2,5H2,1H3/t9-/m0/s1. The predicted molar refractivity (Wildman–Crippen MR) is 56.0 cm³/mol. The van der Waals surface area contributed by atoms with Gasteiger partial charge in [-0.05, 0) is 18.6 Å². The Bertz CT molecular complexity index is 330. The van der Waals surface area contributed by atoms with Gasteiger partial charge in [0.2, 0.25) is 0 Å². The lowest BCUT2D eigenvalue weighted by molar-refractivity contribution is 0.476. The summed E-state index contributed by atoms with van der Waals surface area (Å²) in [5.41, 5.74) is 0.618. The molecule has 1 aromatic rings. The highest BCUT2D eigenvalue weighted by Crippen LogP contribution is 2.22. The molecule has 3 nitrogen and oxygen atoms in total. The van der Waals surface area contributed by atoms with Gasteiger partial charge in [0.05, 0.1) is 11.8 Å². The van der Waals surface area contributed by atoms with Crippen LogP contribution in [0, 0.1) is 11.3 Å². The monoisotopic (exact) mass is 190 g/mol. The summed E-state index contributed by atoms with van der Waals surface area (Å²) in [7, 11) is 0. The molecule has 0 aliphatic heterocycles. The van der Waals surface area contributed by atoms with Gasteiger partial charge in [0, 0.05) is 0 Å². The second kappa shape index (κ2) is 5.13. The van der Waals surface area contributed by atoms with Crippen molar-refractivity contribution < 1.29 is 5.11 Å². The summed E-state index contributed by atoms with van der Waals surface area (Å²) in [4.78, 5) is 0. The van der Waals surface area contributed by atoms with Gasteiger partial charge in [0.25, 0.3) is 0 Å². The summed E-state index contributed by atoms with van der Waals surface area (Å²) in [6.45, 7) is 2.02. The molecule has 3 heteroatoms. The molecule has 0 radical (unpaired) electrons. The van der Waals surface area contributed by atoms with E-state index in [1.807, 2.05) is 13.0 Å². The van der Waals surface area contributed by atoms with Gasteiger partial charge in [0.1, 0.15) is 11.8 Å². The van der Waals surface area contributed by atoms with E-state index in [1.54, 1.807) is 18.2 Å². The quantitative estimate of drug-likeness (QED) is 0.717. The first-order chi connectivity index (χ1) is 6.77. The van der Waals surface area contributed by atoms with Gasteiger partial charge >= 0.3 is 0 Å². The van der Waals surface area contributed by atoms with Gasteiger partial charge in [-0.15, -0.1) is 0 Å². The van der Waals surface area contributed by atoms with Crippen LogP contribution in [-0.4, -0.2) is 11.1 Å².